The number of benzene rings is 1. The van der Waals surface area contributed by atoms with Gasteiger partial charge in [-0.1, -0.05) is 6.92 Å². The highest BCUT2D eigenvalue weighted by Gasteiger charge is 2.23. The molecule has 5 N–H and O–H groups in total. The molecule has 1 atom stereocenters. The number of nitrogens with one attached hydrogen (secondary N) is 1. The van der Waals surface area contributed by atoms with E-state index in [0.717, 1.165) is 34.6 Å². The Morgan fingerprint density at radius 3 is 2.52 bits per heavy atom. The molecule has 0 bridgehead atoms. The number of hydrogen-bond acceptors (Lipinski definition) is 5. The first-order chi connectivity index (χ1) is 12.9. The summed E-state index contributed by atoms with van der Waals surface area (Å²) in [6.07, 6.45) is 6.27. The molecule has 1 aromatic rings. The van der Waals surface area contributed by atoms with E-state index in [0.29, 0.717) is 11.4 Å². The molecular formula is C21H32N4O2. The Bertz CT molecular complexity index is 739. The summed E-state index contributed by atoms with van der Waals surface area (Å²) < 4.78 is 10.9. The minimum Gasteiger partial charge on any atom is -0.501 e. The fourth-order valence-corrected chi connectivity index (χ4v) is 2.82. The minimum atomic E-state index is -0.167. The molecular weight excluding hydrogens is 340 g/mol. The van der Waals surface area contributed by atoms with Gasteiger partial charge >= 0.3 is 0 Å². The van der Waals surface area contributed by atoms with E-state index in [4.69, 9.17) is 20.9 Å². The van der Waals surface area contributed by atoms with Gasteiger partial charge in [-0.25, -0.2) is 0 Å². The van der Waals surface area contributed by atoms with Gasteiger partial charge in [0.15, 0.2) is 0 Å². The Kier molecular flexibility index (Phi) is 8.99. The normalized spacial score (nSPS) is 14.7. The lowest BCUT2D eigenvalue weighted by molar-refractivity contribution is 0.280. The first kappa shape index (κ1) is 22.2. The van der Waals surface area contributed by atoms with Crippen LogP contribution in [0.25, 0.3) is 0 Å². The average Bonchev–Trinajstić information content (AvgIpc) is 2.66. The molecule has 0 saturated carbocycles. The number of nitrogen functional groups attached to an aromatic ring is 1. The van der Waals surface area contributed by atoms with Crippen molar-refractivity contribution in [2.24, 2.45) is 10.7 Å². The van der Waals surface area contributed by atoms with Gasteiger partial charge in [-0.05, 0) is 54.8 Å². The summed E-state index contributed by atoms with van der Waals surface area (Å²) in [6, 6.07) is 5.64. The van der Waals surface area contributed by atoms with Gasteiger partial charge < -0.3 is 26.3 Å². The number of nitrogens with two attached hydrogens (primary N) is 2. The van der Waals surface area contributed by atoms with E-state index in [2.05, 4.69) is 10.3 Å². The second-order valence-corrected chi connectivity index (χ2v) is 6.18. The smallest absolute Gasteiger partial charge is 0.119 e. The Labute approximate surface area is 162 Å². The zero-order valence-electron chi connectivity index (χ0n) is 17.2. The Balaban J connectivity index is 3.65. The highest BCUT2D eigenvalue weighted by atomic mass is 16.5. The molecule has 0 aromatic heterocycles. The van der Waals surface area contributed by atoms with Crippen molar-refractivity contribution < 1.29 is 9.47 Å². The first-order valence-electron chi connectivity index (χ1n) is 8.87. The first-order valence-corrected chi connectivity index (χ1v) is 8.87. The lowest BCUT2D eigenvalue weighted by atomic mass is 9.83. The van der Waals surface area contributed by atoms with Gasteiger partial charge in [0.2, 0.25) is 0 Å². The van der Waals surface area contributed by atoms with Crippen molar-refractivity contribution in [3.05, 3.63) is 58.6 Å². The molecule has 0 amide bonds. The summed E-state index contributed by atoms with van der Waals surface area (Å²) in [5.41, 5.74) is 16.8. The Morgan fingerprint density at radius 1 is 1.30 bits per heavy atom. The maximum atomic E-state index is 6.33. The highest BCUT2D eigenvalue weighted by molar-refractivity contribution is 5.60. The Hall–Kier alpha value is -2.89. The third kappa shape index (κ3) is 6.09. The van der Waals surface area contributed by atoms with Crippen LogP contribution in [0.4, 0.5) is 5.69 Å². The van der Waals surface area contributed by atoms with Crippen LogP contribution in [-0.4, -0.2) is 27.6 Å². The molecule has 1 aromatic carbocycles. The van der Waals surface area contributed by atoms with Crippen molar-refractivity contribution in [2.75, 3.05) is 27.0 Å². The zero-order chi connectivity index (χ0) is 20.4. The SMILES string of the molecule is CC/C(=C\C(=C(/C)N)C(/C(C)=C/N/C=N\C)c1cc(OC)ccc1N)OC. The van der Waals surface area contributed by atoms with Crippen LogP contribution in [0.1, 0.15) is 38.7 Å². The minimum absolute atomic E-state index is 0.167. The predicted octanol–water partition coefficient (Wildman–Crippen LogP) is 3.69. The molecule has 0 aliphatic carbocycles. The van der Waals surface area contributed by atoms with Crippen molar-refractivity contribution in [1.82, 2.24) is 5.32 Å². The van der Waals surface area contributed by atoms with E-state index in [1.165, 1.54) is 0 Å². The fraction of sp³-hybridized carbons (Fsp3) is 0.381. The molecule has 0 heterocycles. The predicted molar refractivity (Wildman–Crippen MR) is 114 cm³/mol. The van der Waals surface area contributed by atoms with Crippen molar-refractivity contribution in [1.29, 1.82) is 0 Å². The number of allylic oxidation sites excluding steroid dienone is 5. The van der Waals surface area contributed by atoms with Crippen LogP contribution in [0, 0.1) is 0 Å². The largest absolute Gasteiger partial charge is 0.501 e. The number of aliphatic imine (C=N–C) groups is 1. The average molecular weight is 373 g/mol. The second kappa shape index (κ2) is 11.0. The van der Waals surface area contributed by atoms with Gasteiger partial charge in [0.1, 0.15) is 5.75 Å². The van der Waals surface area contributed by atoms with E-state index in [1.54, 1.807) is 27.6 Å². The summed E-state index contributed by atoms with van der Waals surface area (Å²) in [5.74, 6) is 1.41. The number of methoxy groups -OCH3 is 2. The molecule has 0 aliphatic heterocycles. The molecule has 0 spiro atoms. The topological polar surface area (TPSA) is 94.9 Å². The van der Waals surface area contributed by atoms with E-state index < -0.39 is 0 Å². The van der Waals surface area contributed by atoms with Gasteiger partial charge in [-0.3, -0.25) is 4.99 Å². The number of nitrogens with zero attached hydrogens (tertiary/aromatic N) is 1. The van der Waals surface area contributed by atoms with Crippen LogP contribution in [0.2, 0.25) is 0 Å². The quantitative estimate of drug-likeness (QED) is 0.202. The number of rotatable bonds is 9. The fourth-order valence-electron chi connectivity index (χ4n) is 2.82. The number of ether oxygens (including phenoxy) is 2. The lowest BCUT2D eigenvalue weighted by Crippen LogP contribution is -2.14. The molecule has 27 heavy (non-hydrogen) atoms. The van der Waals surface area contributed by atoms with E-state index in [9.17, 15) is 0 Å². The third-order valence-electron chi connectivity index (χ3n) is 4.27. The summed E-state index contributed by atoms with van der Waals surface area (Å²) in [7, 11) is 5.00. The third-order valence-corrected chi connectivity index (χ3v) is 4.27. The zero-order valence-corrected chi connectivity index (χ0v) is 17.2. The van der Waals surface area contributed by atoms with Crippen molar-refractivity contribution >= 4 is 12.0 Å². The molecule has 0 radical (unpaired) electrons. The molecule has 0 fully saturated rings. The summed E-state index contributed by atoms with van der Waals surface area (Å²) >= 11 is 0. The van der Waals surface area contributed by atoms with Crippen LogP contribution in [-0.2, 0) is 4.74 Å². The van der Waals surface area contributed by atoms with Crippen molar-refractivity contribution in [3.8, 4) is 5.75 Å². The summed E-state index contributed by atoms with van der Waals surface area (Å²) in [6.45, 7) is 5.94. The Morgan fingerprint density at radius 2 is 2.00 bits per heavy atom. The summed E-state index contributed by atoms with van der Waals surface area (Å²) in [4.78, 5) is 3.95. The van der Waals surface area contributed by atoms with Gasteiger partial charge in [0, 0.05) is 37.0 Å². The maximum Gasteiger partial charge on any atom is 0.119 e. The van der Waals surface area contributed by atoms with Crippen LogP contribution in [0.5, 0.6) is 5.75 Å². The summed E-state index contributed by atoms with van der Waals surface area (Å²) in [5, 5.41) is 3.07. The molecule has 6 heteroatoms. The van der Waals surface area contributed by atoms with Gasteiger partial charge in [0.25, 0.3) is 0 Å². The standard InChI is InChI=1S/C21H32N4O2/c1-7-16(26-5)10-18(15(3)22)21(14(2)12-25-13-24-4)19-11-17(27-6)8-9-20(19)23/h8-13,21H,7,22-23H2,1-6H3,(H,24,25)/b14-12+,16-10+,18-15-. The van der Waals surface area contributed by atoms with Gasteiger partial charge in [0.05, 0.1) is 26.3 Å². The van der Waals surface area contributed by atoms with Crippen molar-refractivity contribution in [2.45, 2.75) is 33.1 Å². The second-order valence-electron chi connectivity index (χ2n) is 6.18. The van der Waals surface area contributed by atoms with Gasteiger partial charge in [-0.2, -0.15) is 0 Å². The molecule has 1 unspecified atom stereocenters. The van der Waals surface area contributed by atoms with Crippen LogP contribution < -0.4 is 21.5 Å². The number of hydrogen-bond donors (Lipinski definition) is 3. The van der Waals surface area contributed by atoms with E-state index >= 15 is 0 Å². The van der Waals surface area contributed by atoms with Gasteiger partial charge in [-0.15, -0.1) is 0 Å². The van der Waals surface area contributed by atoms with Crippen LogP contribution >= 0.6 is 0 Å². The lowest BCUT2D eigenvalue weighted by Gasteiger charge is -2.24. The molecule has 6 nitrogen and oxygen atoms in total. The highest BCUT2D eigenvalue weighted by Crippen LogP contribution is 2.38. The van der Waals surface area contributed by atoms with Crippen LogP contribution in [0.3, 0.4) is 0 Å². The van der Waals surface area contributed by atoms with E-state index in [-0.39, 0.29) is 5.92 Å². The van der Waals surface area contributed by atoms with Crippen molar-refractivity contribution in [3.63, 3.8) is 0 Å². The molecule has 1 rings (SSSR count). The van der Waals surface area contributed by atoms with E-state index in [1.807, 2.05) is 51.2 Å². The monoisotopic (exact) mass is 372 g/mol. The maximum absolute atomic E-state index is 6.33. The number of anilines is 1. The van der Waals surface area contributed by atoms with Crippen LogP contribution in [0.15, 0.2) is 58.1 Å². The molecule has 0 saturated heterocycles. The molecule has 148 valence electrons. The molecule has 0 aliphatic rings.